The lowest BCUT2D eigenvalue weighted by Crippen LogP contribution is -2.02. The summed E-state index contributed by atoms with van der Waals surface area (Å²) in [5.74, 6) is 0. The average molecular weight is 529 g/mol. The first-order chi connectivity index (χ1) is 20.2. The predicted octanol–water partition coefficient (Wildman–Crippen LogP) is 9.00. The zero-order valence-electron chi connectivity index (χ0n) is 21.7. The van der Waals surface area contributed by atoms with Crippen molar-refractivity contribution in [3.05, 3.63) is 132 Å². The SMILES string of the molecule is O=c1c2ccccc2oc2ccc(-c3cccc(-n4c5ccncc5c5cc6c(cc54)oc4ccccc46)c3)cc12. The van der Waals surface area contributed by atoms with Crippen LogP contribution in [0, 0.1) is 0 Å². The molecule has 0 aliphatic carbocycles. The third-order valence-corrected chi connectivity index (χ3v) is 8.08. The van der Waals surface area contributed by atoms with Gasteiger partial charge in [-0.3, -0.25) is 9.78 Å². The summed E-state index contributed by atoms with van der Waals surface area (Å²) >= 11 is 0. The van der Waals surface area contributed by atoms with Crippen LogP contribution in [0.3, 0.4) is 0 Å². The van der Waals surface area contributed by atoms with Crippen molar-refractivity contribution >= 4 is 65.7 Å². The molecule has 4 aromatic heterocycles. The molecular weight excluding hydrogens is 508 g/mol. The second-order valence-corrected chi connectivity index (χ2v) is 10.4. The molecule has 5 heteroatoms. The van der Waals surface area contributed by atoms with E-state index in [4.69, 9.17) is 8.83 Å². The Morgan fingerprint density at radius 2 is 1.27 bits per heavy atom. The van der Waals surface area contributed by atoms with Crippen LogP contribution in [0.25, 0.3) is 82.5 Å². The summed E-state index contributed by atoms with van der Waals surface area (Å²) in [6.07, 6.45) is 3.76. The number of benzene rings is 5. The standard InChI is InChI=1S/C36H20N2O3/c39-36-25-9-2-4-11-33(25)40-34-13-12-22(17-28(34)36)21-6-5-7-23(16-21)38-30-14-15-37-20-29(30)26-18-27-24-8-1-3-10-32(24)41-35(27)19-31(26)38/h1-20H. The normalized spacial score (nSPS) is 12.0. The van der Waals surface area contributed by atoms with E-state index in [1.165, 1.54) is 0 Å². The van der Waals surface area contributed by atoms with Gasteiger partial charge in [0.25, 0.3) is 0 Å². The van der Waals surface area contributed by atoms with E-state index in [1.54, 1.807) is 0 Å². The van der Waals surface area contributed by atoms with Gasteiger partial charge in [-0.25, -0.2) is 0 Å². The third-order valence-electron chi connectivity index (χ3n) is 8.08. The first-order valence-electron chi connectivity index (χ1n) is 13.5. The van der Waals surface area contributed by atoms with E-state index in [0.29, 0.717) is 21.9 Å². The third kappa shape index (κ3) is 3.17. The lowest BCUT2D eigenvalue weighted by atomic mass is 10.0. The molecule has 5 nitrogen and oxygen atoms in total. The van der Waals surface area contributed by atoms with Crippen molar-refractivity contribution in [3.63, 3.8) is 0 Å². The molecule has 0 saturated heterocycles. The highest BCUT2D eigenvalue weighted by Crippen LogP contribution is 2.38. The van der Waals surface area contributed by atoms with Crippen LogP contribution in [0.15, 0.2) is 135 Å². The van der Waals surface area contributed by atoms with E-state index in [0.717, 1.165) is 60.6 Å². The Morgan fingerprint density at radius 1 is 0.512 bits per heavy atom. The van der Waals surface area contributed by atoms with Gasteiger partial charge in [0.2, 0.25) is 5.43 Å². The van der Waals surface area contributed by atoms with Crippen molar-refractivity contribution in [2.75, 3.05) is 0 Å². The Kier molecular flexibility index (Phi) is 4.41. The molecule has 5 aromatic carbocycles. The molecule has 0 aliphatic rings. The number of furan rings is 1. The van der Waals surface area contributed by atoms with Crippen LogP contribution in [0.4, 0.5) is 0 Å². The second kappa shape index (κ2) is 8.16. The fourth-order valence-electron chi connectivity index (χ4n) is 6.17. The zero-order chi connectivity index (χ0) is 27.1. The molecule has 0 spiro atoms. The summed E-state index contributed by atoms with van der Waals surface area (Å²) in [4.78, 5) is 17.8. The second-order valence-electron chi connectivity index (χ2n) is 10.4. The van der Waals surface area contributed by atoms with Crippen LogP contribution in [0.2, 0.25) is 0 Å². The average Bonchev–Trinajstić information content (AvgIpc) is 3.55. The Morgan fingerprint density at radius 3 is 2.17 bits per heavy atom. The number of aromatic nitrogens is 2. The quantitative estimate of drug-likeness (QED) is 0.210. The number of fused-ring (bicyclic) bond motifs is 8. The molecule has 0 saturated carbocycles. The van der Waals surface area contributed by atoms with Crippen LogP contribution < -0.4 is 5.43 Å². The fourth-order valence-corrected chi connectivity index (χ4v) is 6.17. The molecule has 0 atom stereocenters. The van der Waals surface area contributed by atoms with Crippen molar-refractivity contribution < 1.29 is 8.83 Å². The van der Waals surface area contributed by atoms with Crippen LogP contribution in [-0.2, 0) is 0 Å². The molecule has 41 heavy (non-hydrogen) atoms. The summed E-state index contributed by atoms with van der Waals surface area (Å²) < 4.78 is 14.5. The molecule has 0 fully saturated rings. The van der Waals surface area contributed by atoms with Gasteiger partial charge in [-0.1, -0.05) is 48.5 Å². The number of hydrogen-bond donors (Lipinski definition) is 0. The van der Waals surface area contributed by atoms with E-state index in [2.05, 4.69) is 52.0 Å². The van der Waals surface area contributed by atoms with E-state index < -0.39 is 0 Å². The summed E-state index contributed by atoms with van der Waals surface area (Å²) in [6, 6.07) is 36.1. The first-order valence-corrected chi connectivity index (χ1v) is 13.5. The number of nitrogens with zero attached hydrogens (tertiary/aromatic N) is 2. The van der Waals surface area contributed by atoms with Gasteiger partial charge in [-0.2, -0.15) is 0 Å². The van der Waals surface area contributed by atoms with Crippen LogP contribution >= 0.6 is 0 Å². The highest BCUT2D eigenvalue weighted by atomic mass is 16.3. The van der Waals surface area contributed by atoms with E-state index in [1.807, 2.05) is 79.1 Å². The van der Waals surface area contributed by atoms with Gasteiger partial charge in [0, 0.05) is 45.7 Å². The molecule has 9 aromatic rings. The summed E-state index contributed by atoms with van der Waals surface area (Å²) in [7, 11) is 0. The van der Waals surface area contributed by atoms with Gasteiger partial charge in [-0.05, 0) is 65.7 Å². The van der Waals surface area contributed by atoms with Crippen LogP contribution in [0.5, 0.6) is 0 Å². The number of rotatable bonds is 2. The number of hydrogen-bond acceptors (Lipinski definition) is 4. The molecular formula is C36H20N2O3. The molecule has 0 unspecified atom stereocenters. The zero-order valence-corrected chi connectivity index (χ0v) is 21.7. The molecule has 0 amide bonds. The maximum atomic E-state index is 13.3. The lowest BCUT2D eigenvalue weighted by molar-refractivity contribution is 0.660. The van der Waals surface area contributed by atoms with Gasteiger partial charge in [0.1, 0.15) is 22.3 Å². The Labute approximate surface area is 232 Å². The highest BCUT2D eigenvalue weighted by Gasteiger charge is 2.17. The summed E-state index contributed by atoms with van der Waals surface area (Å²) in [6.45, 7) is 0. The largest absolute Gasteiger partial charge is 0.456 e. The van der Waals surface area contributed by atoms with Crippen molar-refractivity contribution in [2.24, 2.45) is 0 Å². The van der Waals surface area contributed by atoms with Crippen LogP contribution in [0.1, 0.15) is 0 Å². The van der Waals surface area contributed by atoms with Crippen molar-refractivity contribution in [1.82, 2.24) is 9.55 Å². The fraction of sp³-hybridized carbons (Fsp3) is 0. The monoisotopic (exact) mass is 528 g/mol. The maximum absolute atomic E-state index is 13.3. The minimum atomic E-state index is -0.0235. The highest BCUT2D eigenvalue weighted by molar-refractivity contribution is 6.17. The van der Waals surface area contributed by atoms with Crippen molar-refractivity contribution in [3.8, 4) is 16.8 Å². The smallest absolute Gasteiger partial charge is 0.200 e. The van der Waals surface area contributed by atoms with E-state index in [-0.39, 0.29) is 5.43 Å². The molecule has 0 aliphatic heterocycles. The molecule has 0 radical (unpaired) electrons. The van der Waals surface area contributed by atoms with Crippen molar-refractivity contribution in [2.45, 2.75) is 0 Å². The molecule has 192 valence electrons. The number of para-hydroxylation sites is 2. The minimum absolute atomic E-state index is 0.0235. The van der Waals surface area contributed by atoms with Gasteiger partial charge in [0.15, 0.2) is 0 Å². The lowest BCUT2D eigenvalue weighted by Gasteiger charge is -2.11. The van der Waals surface area contributed by atoms with E-state index in [9.17, 15) is 4.79 Å². The predicted molar refractivity (Wildman–Crippen MR) is 165 cm³/mol. The van der Waals surface area contributed by atoms with Crippen LogP contribution in [-0.4, -0.2) is 9.55 Å². The topological polar surface area (TPSA) is 61.2 Å². The van der Waals surface area contributed by atoms with Gasteiger partial charge < -0.3 is 13.4 Å². The molecule has 0 bridgehead atoms. The Balaban J connectivity index is 1.28. The molecule has 4 heterocycles. The van der Waals surface area contributed by atoms with E-state index >= 15 is 0 Å². The summed E-state index contributed by atoms with van der Waals surface area (Å²) in [5, 5.41) is 5.54. The van der Waals surface area contributed by atoms with Crippen molar-refractivity contribution in [1.29, 1.82) is 0 Å². The molecule has 0 N–H and O–H groups in total. The van der Waals surface area contributed by atoms with Gasteiger partial charge in [-0.15, -0.1) is 0 Å². The molecule has 9 rings (SSSR count). The minimum Gasteiger partial charge on any atom is -0.456 e. The maximum Gasteiger partial charge on any atom is 0.200 e. The summed E-state index contributed by atoms with van der Waals surface area (Å²) in [5.41, 5.74) is 7.95. The Hall–Kier alpha value is -5.68. The first kappa shape index (κ1) is 22.2. The number of pyridine rings is 1. The Bertz CT molecular complexity index is 2570. The van der Waals surface area contributed by atoms with Gasteiger partial charge in [0.05, 0.1) is 21.8 Å². The van der Waals surface area contributed by atoms with Gasteiger partial charge >= 0.3 is 0 Å².